The zero-order valence-electron chi connectivity index (χ0n) is 8.92. The second kappa shape index (κ2) is 5.81. The van der Waals surface area contributed by atoms with Crippen LogP contribution in [0.25, 0.3) is 0 Å². The van der Waals surface area contributed by atoms with Gasteiger partial charge >= 0.3 is 0 Å². The molecule has 0 aliphatic heterocycles. The average Bonchev–Trinajstić information content (AvgIpc) is 2.20. The van der Waals surface area contributed by atoms with E-state index < -0.39 is 0 Å². The van der Waals surface area contributed by atoms with Gasteiger partial charge < -0.3 is 16.0 Å². The van der Waals surface area contributed by atoms with Gasteiger partial charge in [-0.3, -0.25) is 9.59 Å². The molecule has 0 radical (unpaired) electrons. The molecule has 0 fully saturated rings. The van der Waals surface area contributed by atoms with E-state index in [1.54, 1.807) is 6.07 Å². The van der Waals surface area contributed by atoms with Crippen molar-refractivity contribution < 1.29 is 4.79 Å². The Morgan fingerprint density at radius 1 is 1.69 bits per heavy atom. The summed E-state index contributed by atoms with van der Waals surface area (Å²) in [6, 6.07) is 1.54. The number of aromatic nitrogens is 1. The number of nitrogens with two attached hydrogens (primary N) is 1. The zero-order chi connectivity index (χ0) is 12.1. The number of carbonyl (C=O) groups excluding carboxylic acids is 1. The van der Waals surface area contributed by atoms with Gasteiger partial charge in [-0.2, -0.15) is 0 Å². The Kier molecular flexibility index (Phi) is 4.70. The SMILES string of the molecule is CC(N)CCC(=O)Nc1cc(Br)c[nH]c1=O. The van der Waals surface area contributed by atoms with Crippen molar-refractivity contribution in [3.63, 3.8) is 0 Å². The predicted molar refractivity (Wildman–Crippen MR) is 66.3 cm³/mol. The van der Waals surface area contributed by atoms with Crippen molar-refractivity contribution >= 4 is 27.5 Å². The molecule has 1 amide bonds. The van der Waals surface area contributed by atoms with Crippen LogP contribution in [0.15, 0.2) is 21.5 Å². The van der Waals surface area contributed by atoms with Crippen LogP contribution in [0.3, 0.4) is 0 Å². The van der Waals surface area contributed by atoms with Crippen molar-refractivity contribution in [1.82, 2.24) is 4.98 Å². The fraction of sp³-hybridized carbons (Fsp3) is 0.400. The van der Waals surface area contributed by atoms with Gasteiger partial charge in [-0.1, -0.05) is 0 Å². The third-order valence-corrected chi connectivity index (χ3v) is 2.43. The molecule has 6 heteroatoms. The molecule has 0 aromatic carbocycles. The van der Waals surface area contributed by atoms with E-state index in [2.05, 4.69) is 26.2 Å². The lowest BCUT2D eigenvalue weighted by Gasteiger charge is -2.06. The summed E-state index contributed by atoms with van der Waals surface area (Å²) in [6.45, 7) is 1.83. The highest BCUT2D eigenvalue weighted by Gasteiger charge is 2.07. The first-order valence-electron chi connectivity index (χ1n) is 4.92. The summed E-state index contributed by atoms with van der Waals surface area (Å²) in [5, 5.41) is 2.54. The number of aromatic amines is 1. The molecule has 0 bridgehead atoms. The number of hydrogen-bond donors (Lipinski definition) is 3. The van der Waals surface area contributed by atoms with Crippen LogP contribution in [0.2, 0.25) is 0 Å². The van der Waals surface area contributed by atoms with E-state index in [4.69, 9.17) is 5.73 Å². The van der Waals surface area contributed by atoms with Gasteiger partial charge in [0.2, 0.25) is 5.91 Å². The Hall–Kier alpha value is -1.14. The number of halogens is 1. The molecule has 1 atom stereocenters. The normalized spacial score (nSPS) is 12.2. The fourth-order valence-electron chi connectivity index (χ4n) is 1.12. The van der Waals surface area contributed by atoms with Crippen LogP contribution in [-0.2, 0) is 4.79 Å². The third-order valence-electron chi connectivity index (χ3n) is 1.97. The minimum atomic E-state index is -0.322. The summed E-state index contributed by atoms with van der Waals surface area (Å²) in [4.78, 5) is 25.3. The summed E-state index contributed by atoms with van der Waals surface area (Å²) < 4.78 is 0.703. The molecule has 16 heavy (non-hydrogen) atoms. The molecule has 0 saturated carbocycles. The van der Waals surface area contributed by atoms with E-state index in [0.29, 0.717) is 17.3 Å². The molecule has 5 nitrogen and oxygen atoms in total. The molecule has 1 aromatic rings. The fourth-order valence-corrected chi connectivity index (χ4v) is 1.47. The molecule has 4 N–H and O–H groups in total. The smallest absolute Gasteiger partial charge is 0.271 e. The van der Waals surface area contributed by atoms with Crippen LogP contribution in [0, 0.1) is 0 Å². The summed E-state index contributed by atoms with van der Waals surface area (Å²) in [6.07, 6.45) is 2.42. The molecule has 88 valence electrons. The van der Waals surface area contributed by atoms with Gasteiger partial charge in [0.15, 0.2) is 0 Å². The van der Waals surface area contributed by atoms with Crippen LogP contribution < -0.4 is 16.6 Å². The number of pyridine rings is 1. The predicted octanol–water partition coefficient (Wildman–Crippen LogP) is 1.20. The Balaban J connectivity index is 2.62. The number of carbonyl (C=O) groups is 1. The first-order chi connectivity index (χ1) is 7.49. The van der Waals surface area contributed by atoms with Gasteiger partial charge in [-0.05, 0) is 35.3 Å². The van der Waals surface area contributed by atoms with E-state index in [1.165, 1.54) is 6.20 Å². The second-order valence-electron chi connectivity index (χ2n) is 3.62. The van der Waals surface area contributed by atoms with E-state index in [0.717, 1.165) is 0 Å². The highest BCUT2D eigenvalue weighted by atomic mass is 79.9. The van der Waals surface area contributed by atoms with Crippen molar-refractivity contribution in [2.45, 2.75) is 25.8 Å². The van der Waals surface area contributed by atoms with Gasteiger partial charge in [0.1, 0.15) is 5.69 Å². The van der Waals surface area contributed by atoms with E-state index in [1.807, 2.05) is 6.92 Å². The first kappa shape index (κ1) is 12.9. The van der Waals surface area contributed by atoms with Crippen molar-refractivity contribution in [2.75, 3.05) is 5.32 Å². The number of H-pyrrole nitrogens is 1. The Bertz CT molecular complexity index is 428. The quantitative estimate of drug-likeness (QED) is 0.778. The highest BCUT2D eigenvalue weighted by Crippen LogP contribution is 2.10. The highest BCUT2D eigenvalue weighted by molar-refractivity contribution is 9.10. The van der Waals surface area contributed by atoms with E-state index in [-0.39, 0.29) is 23.2 Å². The molecule has 0 spiro atoms. The van der Waals surface area contributed by atoms with Crippen molar-refractivity contribution in [2.24, 2.45) is 5.73 Å². The zero-order valence-corrected chi connectivity index (χ0v) is 10.5. The Morgan fingerprint density at radius 2 is 2.38 bits per heavy atom. The summed E-state index contributed by atoms with van der Waals surface area (Å²) in [7, 11) is 0. The standard InChI is InChI=1S/C10H14BrN3O2/c1-6(12)2-3-9(15)14-8-4-7(11)5-13-10(8)16/h4-6H,2-3,12H2,1H3,(H,13,16)(H,14,15). The monoisotopic (exact) mass is 287 g/mol. The molecular weight excluding hydrogens is 274 g/mol. The van der Waals surface area contributed by atoms with Gasteiger partial charge in [0, 0.05) is 23.1 Å². The molecule has 0 aliphatic carbocycles. The van der Waals surface area contributed by atoms with Crippen LogP contribution >= 0.6 is 15.9 Å². The molecule has 1 unspecified atom stereocenters. The third kappa shape index (κ3) is 4.16. The average molecular weight is 288 g/mol. The van der Waals surface area contributed by atoms with Crippen molar-refractivity contribution in [1.29, 1.82) is 0 Å². The van der Waals surface area contributed by atoms with Gasteiger partial charge in [-0.25, -0.2) is 0 Å². The summed E-state index contributed by atoms with van der Waals surface area (Å²) in [5.74, 6) is -0.207. The number of rotatable bonds is 4. The topological polar surface area (TPSA) is 88.0 Å². The molecule has 0 aliphatic rings. The number of anilines is 1. The maximum Gasteiger partial charge on any atom is 0.271 e. The molecule has 1 rings (SSSR count). The van der Waals surface area contributed by atoms with Gasteiger partial charge in [0.25, 0.3) is 5.56 Å². The van der Waals surface area contributed by atoms with Crippen molar-refractivity contribution in [3.8, 4) is 0 Å². The maximum atomic E-state index is 11.4. The van der Waals surface area contributed by atoms with Gasteiger partial charge in [-0.15, -0.1) is 0 Å². The van der Waals surface area contributed by atoms with Crippen LogP contribution in [0.5, 0.6) is 0 Å². The summed E-state index contributed by atoms with van der Waals surface area (Å²) in [5.41, 5.74) is 5.45. The largest absolute Gasteiger partial charge is 0.328 e. The second-order valence-corrected chi connectivity index (χ2v) is 4.54. The minimum Gasteiger partial charge on any atom is -0.328 e. The number of nitrogens with one attached hydrogen (secondary N) is 2. The lowest BCUT2D eigenvalue weighted by molar-refractivity contribution is -0.116. The number of hydrogen-bond acceptors (Lipinski definition) is 3. The van der Waals surface area contributed by atoms with E-state index in [9.17, 15) is 9.59 Å². The summed E-state index contributed by atoms with van der Waals surface area (Å²) >= 11 is 3.21. The first-order valence-corrected chi connectivity index (χ1v) is 5.72. The minimum absolute atomic E-state index is 0.0217. The van der Waals surface area contributed by atoms with Crippen LogP contribution in [0.4, 0.5) is 5.69 Å². The molecule has 0 saturated heterocycles. The lowest BCUT2D eigenvalue weighted by atomic mass is 10.2. The maximum absolute atomic E-state index is 11.4. The van der Waals surface area contributed by atoms with E-state index >= 15 is 0 Å². The lowest BCUT2D eigenvalue weighted by Crippen LogP contribution is -2.22. The van der Waals surface area contributed by atoms with Crippen LogP contribution in [0.1, 0.15) is 19.8 Å². The van der Waals surface area contributed by atoms with Gasteiger partial charge in [0.05, 0.1) is 0 Å². The number of amides is 1. The Labute approximate surface area is 102 Å². The molecule has 1 heterocycles. The Morgan fingerprint density at radius 3 is 3.00 bits per heavy atom. The molecular formula is C10H14BrN3O2. The van der Waals surface area contributed by atoms with Crippen molar-refractivity contribution in [3.05, 3.63) is 27.1 Å². The van der Waals surface area contributed by atoms with Crippen LogP contribution in [-0.4, -0.2) is 16.9 Å². The molecule has 1 aromatic heterocycles.